The molecule has 1 aromatic carbocycles. The number of nitrogens with zero attached hydrogens (tertiary/aromatic N) is 1. The predicted octanol–water partition coefficient (Wildman–Crippen LogP) is 0.302. The summed E-state index contributed by atoms with van der Waals surface area (Å²) in [5.41, 5.74) is 2.88. The summed E-state index contributed by atoms with van der Waals surface area (Å²) in [5.74, 6) is 0. The Hall–Kier alpha value is -1.59. The molecule has 2 heterocycles. The number of likely N-dealkylation sites (N-methyl/N-ethyl adjacent to an activating group) is 1. The maximum Gasteiger partial charge on any atom is 0.323 e. The molecule has 1 atom stereocenters. The molecular formula is C13H18N4O. The second kappa shape index (κ2) is 4.59. The zero-order valence-electron chi connectivity index (χ0n) is 10.5. The van der Waals surface area contributed by atoms with E-state index in [1.54, 1.807) is 0 Å². The topological polar surface area (TPSA) is 63.9 Å². The van der Waals surface area contributed by atoms with Crippen LogP contribution in [0.15, 0.2) is 23.0 Å². The molecule has 1 aromatic heterocycles. The van der Waals surface area contributed by atoms with E-state index in [9.17, 15) is 4.79 Å². The van der Waals surface area contributed by atoms with Crippen LogP contribution < -0.4 is 11.0 Å². The Bertz CT molecular complexity index is 600. The van der Waals surface area contributed by atoms with E-state index >= 15 is 0 Å². The minimum absolute atomic E-state index is 0.141. The highest BCUT2D eigenvalue weighted by Crippen LogP contribution is 2.13. The minimum Gasteiger partial charge on any atom is -0.311 e. The molecule has 0 aliphatic carbocycles. The smallest absolute Gasteiger partial charge is 0.311 e. The summed E-state index contributed by atoms with van der Waals surface area (Å²) < 4.78 is 0. The van der Waals surface area contributed by atoms with Crippen LogP contribution in [0.4, 0.5) is 0 Å². The van der Waals surface area contributed by atoms with Crippen molar-refractivity contribution in [2.45, 2.75) is 12.5 Å². The van der Waals surface area contributed by atoms with Crippen molar-refractivity contribution in [1.29, 1.82) is 0 Å². The fraction of sp³-hybridized carbons (Fsp3) is 0.462. The van der Waals surface area contributed by atoms with Crippen LogP contribution >= 0.6 is 0 Å². The Morgan fingerprint density at radius 2 is 2.17 bits per heavy atom. The Labute approximate surface area is 105 Å². The van der Waals surface area contributed by atoms with Gasteiger partial charge in [-0.1, -0.05) is 6.07 Å². The van der Waals surface area contributed by atoms with Crippen LogP contribution in [0.1, 0.15) is 5.56 Å². The monoisotopic (exact) mass is 246 g/mol. The van der Waals surface area contributed by atoms with Gasteiger partial charge in [-0.25, -0.2) is 4.79 Å². The van der Waals surface area contributed by atoms with Gasteiger partial charge in [0.1, 0.15) is 0 Å². The van der Waals surface area contributed by atoms with Crippen LogP contribution in [0.5, 0.6) is 0 Å². The summed E-state index contributed by atoms with van der Waals surface area (Å²) in [7, 11) is 2.15. The number of hydrogen-bond acceptors (Lipinski definition) is 3. The molecule has 5 heteroatoms. The van der Waals surface area contributed by atoms with Crippen molar-refractivity contribution >= 4 is 11.0 Å². The molecule has 1 fully saturated rings. The highest BCUT2D eigenvalue weighted by Gasteiger charge is 2.16. The lowest BCUT2D eigenvalue weighted by atomic mass is 10.0. The Morgan fingerprint density at radius 1 is 1.33 bits per heavy atom. The lowest BCUT2D eigenvalue weighted by molar-refractivity contribution is 0.238. The van der Waals surface area contributed by atoms with Crippen molar-refractivity contribution in [1.82, 2.24) is 20.2 Å². The number of imidazole rings is 1. The number of benzene rings is 1. The molecule has 0 amide bonds. The number of aromatic amines is 2. The molecule has 18 heavy (non-hydrogen) atoms. The standard InChI is InChI=1S/C13H18N4O/c1-17-5-4-14-10(8-17)6-9-2-3-11-12(7-9)16-13(18)15-11/h2-3,7,10,14H,4-6,8H2,1H3,(H2,15,16,18). The summed E-state index contributed by atoms with van der Waals surface area (Å²) in [5, 5.41) is 3.53. The molecule has 3 rings (SSSR count). The molecular weight excluding hydrogens is 228 g/mol. The van der Waals surface area contributed by atoms with E-state index in [1.165, 1.54) is 5.56 Å². The van der Waals surface area contributed by atoms with Crippen LogP contribution in [0.25, 0.3) is 11.0 Å². The Kier molecular flexibility index (Phi) is 2.93. The van der Waals surface area contributed by atoms with Gasteiger partial charge in [-0.05, 0) is 31.2 Å². The molecule has 96 valence electrons. The summed E-state index contributed by atoms with van der Waals surface area (Å²) in [4.78, 5) is 19.1. The Morgan fingerprint density at radius 3 is 3.00 bits per heavy atom. The molecule has 1 aliphatic heterocycles. The van der Waals surface area contributed by atoms with Gasteiger partial charge in [0.25, 0.3) is 0 Å². The second-order valence-electron chi connectivity index (χ2n) is 5.08. The number of piperazine rings is 1. The van der Waals surface area contributed by atoms with Gasteiger partial charge < -0.3 is 20.2 Å². The third kappa shape index (κ3) is 2.32. The van der Waals surface area contributed by atoms with Crippen molar-refractivity contribution in [3.05, 3.63) is 34.2 Å². The molecule has 0 spiro atoms. The van der Waals surface area contributed by atoms with E-state index in [0.29, 0.717) is 6.04 Å². The first-order valence-corrected chi connectivity index (χ1v) is 6.33. The Balaban J connectivity index is 1.79. The van der Waals surface area contributed by atoms with Gasteiger partial charge in [0.15, 0.2) is 0 Å². The average molecular weight is 246 g/mol. The van der Waals surface area contributed by atoms with Gasteiger partial charge in [0.05, 0.1) is 11.0 Å². The van der Waals surface area contributed by atoms with E-state index in [-0.39, 0.29) is 5.69 Å². The van der Waals surface area contributed by atoms with Crippen LogP contribution in [0.3, 0.4) is 0 Å². The normalized spacial score (nSPS) is 21.5. The van der Waals surface area contributed by atoms with Gasteiger partial charge in [0, 0.05) is 25.7 Å². The number of fused-ring (bicyclic) bond motifs is 1. The predicted molar refractivity (Wildman–Crippen MR) is 71.9 cm³/mol. The fourth-order valence-corrected chi connectivity index (χ4v) is 2.62. The van der Waals surface area contributed by atoms with Gasteiger partial charge in [-0.2, -0.15) is 0 Å². The van der Waals surface area contributed by atoms with E-state index in [0.717, 1.165) is 37.1 Å². The maximum absolute atomic E-state index is 11.2. The third-order valence-electron chi connectivity index (χ3n) is 3.52. The molecule has 1 unspecified atom stereocenters. The summed E-state index contributed by atoms with van der Waals surface area (Å²) >= 11 is 0. The van der Waals surface area contributed by atoms with Crippen LogP contribution in [0, 0.1) is 0 Å². The first kappa shape index (κ1) is 11.5. The van der Waals surface area contributed by atoms with Crippen molar-refractivity contribution in [3.8, 4) is 0 Å². The highest BCUT2D eigenvalue weighted by molar-refractivity contribution is 5.75. The van der Waals surface area contributed by atoms with E-state index in [2.05, 4.69) is 39.4 Å². The summed E-state index contributed by atoms with van der Waals surface area (Å²) in [6.07, 6.45) is 0.994. The van der Waals surface area contributed by atoms with Gasteiger partial charge in [0.2, 0.25) is 0 Å². The minimum atomic E-state index is -0.141. The maximum atomic E-state index is 11.2. The number of H-pyrrole nitrogens is 2. The number of aromatic nitrogens is 2. The van der Waals surface area contributed by atoms with Crippen LogP contribution in [0.2, 0.25) is 0 Å². The molecule has 5 nitrogen and oxygen atoms in total. The zero-order chi connectivity index (χ0) is 12.5. The molecule has 0 saturated carbocycles. The van der Waals surface area contributed by atoms with E-state index in [4.69, 9.17) is 0 Å². The molecule has 1 aliphatic rings. The van der Waals surface area contributed by atoms with Crippen LogP contribution in [-0.2, 0) is 6.42 Å². The van der Waals surface area contributed by atoms with Crippen molar-refractivity contribution in [3.63, 3.8) is 0 Å². The second-order valence-corrected chi connectivity index (χ2v) is 5.08. The van der Waals surface area contributed by atoms with Crippen LogP contribution in [-0.4, -0.2) is 47.6 Å². The highest BCUT2D eigenvalue weighted by atomic mass is 16.1. The summed E-state index contributed by atoms with van der Waals surface area (Å²) in [6.45, 7) is 3.23. The molecule has 0 radical (unpaired) electrons. The zero-order valence-corrected chi connectivity index (χ0v) is 10.5. The van der Waals surface area contributed by atoms with E-state index in [1.807, 2.05) is 6.07 Å². The van der Waals surface area contributed by atoms with Gasteiger partial charge in [-0.3, -0.25) is 0 Å². The number of nitrogens with one attached hydrogen (secondary N) is 3. The fourth-order valence-electron chi connectivity index (χ4n) is 2.62. The molecule has 1 saturated heterocycles. The first-order chi connectivity index (χ1) is 8.70. The average Bonchev–Trinajstić information content (AvgIpc) is 2.68. The SMILES string of the molecule is CN1CCNC(Cc2ccc3[nH]c(=O)[nH]c3c2)C1. The first-order valence-electron chi connectivity index (χ1n) is 6.33. The largest absolute Gasteiger partial charge is 0.323 e. The molecule has 0 bridgehead atoms. The van der Waals surface area contributed by atoms with Gasteiger partial charge in [-0.15, -0.1) is 0 Å². The quantitative estimate of drug-likeness (QED) is 0.714. The van der Waals surface area contributed by atoms with Crippen molar-refractivity contribution < 1.29 is 0 Å². The summed E-state index contributed by atoms with van der Waals surface area (Å²) in [6, 6.07) is 6.60. The van der Waals surface area contributed by atoms with Crippen molar-refractivity contribution in [2.75, 3.05) is 26.7 Å². The van der Waals surface area contributed by atoms with Crippen molar-refractivity contribution in [2.24, 2.45) is 0 Å². The van der Waals surface area contributed by atoms with Gasteiger partial charge >= 0.3 is 5.69 Å². The lowest BCUT2D eigenvalue weighted by Gasteiger charge is -2.31. The molecule has 3 N–H and O–H groups in total. The van der Waals surface area contributed by atoms with E-state index < -0.39 is 0 Å². The lowest BCUT2D eigenvalue weighted by Crippen LogP contribution is -2.49. The third-order valence-corrected chi connectivity index (χ3v) is 3.52. The number of rotatable bonds is 2. The number of hydrogen-bond donors (Lipinski definition) is 3. The molecule has 2 aromatic rings.